The van der Waals surface area contributed by atoms with Crippen LogP contribution < -0.4 is 9.62 Å². The fourth-order valence-corrected chi connectivity index (χ4v) is 6.41. The van der Waals surface area contributed by atoms with Crippen LogP contribution in [0.15, 0.2) is 114 Å². The van der Waals surface area contributed by atoms with Gasteiger partial charge in [0.05, 0.1) is 15.5 Å². The van der Waals surface area contributed by atoms with Crippen LogP contribution in [0.3, 0.4) is 0 Å². The summed E-state index contributed by atoms with van der Waals surface area (Å²) >= 11 is 6.12. The Morgan fingerprint density at radius 3 is 2.17 bits per heavy atom. The number of unbranched alkanes of at least 4 members (excludes halogenated alkanes) is 1. The van der Waals surface area contributed by atoms with Crippen molar-refractivity contribution in [2.24, 2.45) is 0 Å². The van der Waals surface area contributed by atoms with Crippen molar-refractivity contribution in [2.75, 3.05) is 17.4 Å². The van der Waals surface area contributed by atoms with Crippen LogP contribution in [0.2, 0.25) is 5.02 Å². The Hall–Kier alpha value is -4.74. The molecule has 4 aromatic rings. The molecule has 1 N–H and O–H groups in total. The molecule has 0 aliphatic carbocycles. The highest BCUT2D eigenvalue weighted by atomic mass is 35.5. The minimum Gasteiger partial charge on any atom is -0.354 e. The zero-order valence-corrected chi connectivity index (χ0v) is 26.9. The lowest BCUT2D eigenvalue weighted by Crippen LogP contribution is -2.53. The monoisotopic (exact) mass is 662 g/mol. The lowest BCUT2D eigenvalue weighted by molar-refractivity contribution is -0.384. The van der Waals surface area contributed by atoms with Crippen molar-refractivity contribution >= 4 is 44.8 Å². The third-order valence-corrected chi connectivity index (χ3v) is 9.35. The van der Waals surface area contributed by atoms with E-state index < -0.39 is 33.4 Å². The van der Waals surface area contributed by atoms with Crippen LogP contribution >= 0.6 is 11.6 Å². The molecule has 0 spiro atoms. The average molecular weight is 663 g/mol. The number of benzene rings is 4. The SMILES string of the molecule is CCCCNC(=O)C(Cc1ccccc1)N(Cc1ccc(Cl)cc1)C(=O)CN(c1cccc([N+](=O)[O-])c1)S(=O)(=O)c1ccccc1. The highest BCUT2D eigenvalue weighted by molar-refractivity contribution is 7.92. The minimum absolute atomic E-state index is 0.0249. The number of rotatable bonds is 15. The Balaban J connectivity index is 1.81. The van der Waals surface area contributed by atoms with Crippen molar-refractivity contribution in [1.29, 1.82) is 0 Å². The summed E-state index contributed by atoms with van der Waals surface area (Å²) in [5.74, 6) is -1.06. The third-order valence-electron chi connectivity index (χ3n) is 7.31. The fourth-order valence-electron chi connectivity index (χ4n) is 4.86. The van der Waals surface area contributed by atoms with Gasteiger partial charge in [-0.1, -0.05) is 91.7 Å². The Morgan fingerprint density at radius 2 is 1.54 bits per heavy atom. The maximum atomic E-state index is 14.4. The van der Waals surface area contributed by atoms with E-state index in [9.17, 15) is 28.1 Å². The number of anilines is 1. The summed E-state index contributed by atoms with van der Waals surface area (Å²) < 4.78 is 28.9. The number of nitrogens with zero attached hydrogens (tertiary/aromatic N) is 3. The quantitative estimate of drug-likeness (QED) is 0.0944. The number of amides is 2. The summed E-state index contributed by atoms with van der Waals surface area (Å²) in [6.45, 7) is 1.66. The summed E-state index contributed by atoms with van der Waals surface area (Å²) in [7, 11) is -4.38. The van der Waals surface area contributed by atoms with Crippen LogP contribution in [0, 0.1) is 10.1 Å². The van der Waals surface area contributed by atoms with Gasteiger partial charge in [0.25, 0.3) is 15.7 Å². The van der Waals surface area contributed by atoms with Crippen LogP contribution in [0.5, 0.6) is 0 Å². The van der Waals surface area contributed by atoms with Gasteiger partial charge in [0.1, 0.15) is 12.6 Å². The van der Waals surface area contributed by atoms with E-state index >= 15 is 0 Å². The van der Waals surface area contributed by atoms with Crippen molar-refractivity contribution < 1.29 is 22.9 Å². The molecule has 0 fully saturated rings. The number of nitro benzene ring substituents is 1. The van der Waals surface area contributed by atoms with E-state index in [1.807, 2.05) is 37.3 Å². The predicted molar refractivity (Wildman–Crippen MR) is 178 cm³/mol. The molecule has 12 heteroatoms. The van der Waals surface area contributed by atoms with E-state index in [1.54, 1.807) is 42.5 Å². The van der Waals surface area contributed by atoms with Crippen LogP contribution in [0.4, 0.5) is 11.4 Å². The third kappa shape index (κ3) is 8.92. The molecule has 0 aromatic heterocycles. The number of nitro groups is 1. The van der Waals surface area contributed by atoms with E-state index in [2.05, 4.69) is 5.32 Å². The van der Waals surface area contributed by atoms with Gasteiger partial charge in [-0.3, -0.25) is 24.0 Å². The summed E-state index contributed by atoms with van der Waals surface area (Å²) in [6, 6.07) is 27.6. The topological polar surface area (TPSA) is 130 Å². The second-order valence-electron chi connectivity index (χ2n) is 10.6. The number of hydrogen-bond acceptors (Lipinski definition) is 6. The van der Waals surface area contributed by atoms with Gasteiger partial charge in [-0.05, 0) is 47.9 Å². The van der Waals surface area contributed by atoms with Crippen LogP contribution in [-0.2, 0) is 32.6 Å². The van der Waals surface area contributed by atoms with Gasteiger partial charge in [0.15, 0.2) is 0 Å². The van der Waals surface area contributed by atoms with Crippen LogP contribution in [0.25, 0.3) is 0 Å². The van der Waals surface area contributed by atoms with Crippen molar-refractivity contribution in [1.82, 2.24) is 10.2 Å². The molecule has 0 saturated heterocycles. The molecule has 0 aliphatic rings. The first-order valence-electron chi connectivity index (χ1n) is 14.8. The maximum absolute atomic E-state index is 14.4. The molecule has 0 radical (unpaired) electrons. The fraction of sp³-hybridized carbons (Fsp3) is 0.235. The molecular weight excluding hydrogens is 628 g/mol. The number of non-ortho nitro benzene ring substituents is 1. The summed E-state index contributed by atoms with van der Waals surface area (Å²) in [5.41, 5.74) is 1.07. The Bertz CT molecular complexity index is 1740. The van der Waals surface area contributed by atoms with Crippen LogP contribution in [-0.4, -0.2) is 49.2 Å². The number of carbonyl (C=O) groups excluding carboxylic acids is 2. The highest BCUT2D eigenvalue weighted by Crippen LogP contribution is 2.28. The molecule has 46 heavy (non-hydrogen) atoms. The normalized spacial score (nSPS) is 11.8. The van der Waals surface area contributed by atoms with Crippen molar-refractivity contribution in [3.05, 3.63) is 135 Å². The van der Waals surface area contributed by atoms with Crippen molar-refractivity contribution in [2.45, 2.75) is 43.7 Å². The molecule has 10 nitrogen and oxygen atoms in total. The smallest absolute Gasteiger partial charge is 0.271 e. The zero-order valence-electron chi connectivity index (χ0n) is 25.3. The van der Waals surface area contributed by atoms with E-state index in [0.717, 1.165) is 28.8 Å². The molecular formula is C34H35ClN4O6S. The maximum Gasteiger partial charge on any atom is 0.271 e. The number of hydrogen-bond donors (Lipinski definition) is 1. The Morgan fingerprint density at radius 1 is 0.891 bits per heavy atom. The second-order valence-corrected chi connectivity index (χ2v) is 12.9. The summed E-state index contributed by atoms with van der Waals surface area (Å²) in [4.78, 5) is 40.4. The molecule has 240 valence electrons. The van der Waals surface area contributed by atoms with E-state index in [0.29, 0.717) is 17.1 Å². The molecule has 1 atom stereocenters. The minimum atomic E-state index is -4.38. The number of carbonyl (C=O) groups is 2. The van der Waals surface area contributed by atoms with E-state index in [-0.39, 0.29) is 35.1 Å². The van der Waals surface area contributed by atoms with E-state index in [1.165, 1.54) is 35.2 Å². The standard InChI is InChI=1S/C34H35ClN4O6S/c1-2-3-21-36-34(41)32(22-26-11-6-4-7-12-26)37(24-27-17-19-28(35)20-18-27)33(40)25-38(29-13-10-14-30(23-29)39(42)43)46(44,45)31-15-8-5-9-16-31/h4-20,23,32H,2-3,21-22,24-25H2,1H3,(H,36,41). The first-order chi connectivity index (χ1) is 22.1. The second kappa shape index (κ2) is 16.0. The molecule has 4 aromatic carbocycles. The van der Waals surface area contributed by atoms with Crippen LogP contribution in [0.1, 0.15) is 30.9 Å². The number of sulfonamides is 1. The first kappa shape index (κ1) is 34.1. The zero-order chi connectivity index (χ0) is 33.1. The van der Waals surface area contributed by atoms with Gasteiger partial charge >= 0.3 is 0 Å². The summed E-state index contributed by atoms with van der Waals surface area (Å²) in [5, 5.41) is 15.0. The average Bonchev–Trinajstić information content (AvgIpc) is 3.06. The van der Waals surface area contributed by atoms with Gasteiger partial charge in [-0.2, -0.15) is 0 Å². The molecule has 4 rings (SSSR count). The Labute approximate surface area is 273 Å². The van der Waals surface area contributed by atoms with E-state index in [4.69, 9.17) is 11.6 Å². The lowest BCUT2D eigenvalue weighted by atomic mass is 10.0. The first-order valence-corrected chi connectivity index (χ1v) is 16.6. The number of halogens is 1. The van der Waals surface area contributed by atoms with Gasteiger partial charge in [-0.15, -0.1) is 0 Å². The summed E-state index contributed by atoms with van der Waals surface area (Å²) in [6.07, 6.45) is 1.76. The molecule has 1 unspecified atom stereocenters. The van der Waals surface area contributed by atoms with Gasteiger partial charge < -0.3 is 10.2 Å². The Kier molecular flexibility index (Phi) is 11.9. The molecule has 2 amide bonds. The highest BCUT2D eigenvalue weighted by Gasteiger charge is 2.35. The molecule has 0 saturated carbocycles. The largest absolute Gasteiger partial charge is 0.354 e. The number of nitrogens with one attached hydrogen (secondary N) is 1. The van der Waals surface area contributed by atoms with Crippen molar-refractivity contribution in [3.8, 4) is 0 Å². The molecule has 0 heterocycles. The lowest BCUT2D eigenvalue weighted by Gasteiger charge is -2.34. The predicted octanol–water partition coefficient (Wildman–Crippen LogP) is 6.00. The molecule has 0 bridgehead atoms. The molecule has 0 aliphatic heterocycles. The van der Waals surface area contributed by atoms with Gasteiger partial charge in [0.2, 0.25) is 11.8 Å². The van der Waals surface area contributed by atoms with Gasteiger partial charge in [-0.25, -0.2) is 8.42 Å². The van der Waals surface area contributed by atoms with Crippen molar-refractivity contribution in [3.63, 3.8) is 0 Å². The van der Waals surface area contributed by atoms with Gasteiger partial charge in [0, 0.05) is 36.7 Å².